The highest BCUT2D eigenvalue weighted by Gasteiger charge is 2.12. The zero-order valence-corrected chi connectivity index (χ0v) is 14.8. The van der Waals surface area contributed by atoms with Crippen LogP contribution in [0.3, 0.4) is 0 Å². The van der Waals surface area contributed by atoms with Crippen molar-refractivity contribution in [3.8, 4) is 39.4 Å². The van der Waals surface area contributed by atoms with Crippen LogP contribution in [0.5, 0.6) is 5.75 Å². The normalized spacial score (nSPS) is 10.6. The molecule has 3 aromatic carbocycles. The molecule has 0 radical (unpaired) electrons. The molecule has 4 rings (SSSR count). The van der Waals surface area contributed by atoms with Gasteiger partial charge in [0.15, 0.2) is 0 Å². The van der Waals surface area contributed by atoms with E-state index in [1.165, 1.54) is 12.1 Å². The summed E-state index contributed by atoms with van der Waals surface area (Å²) in [7, 11) is 0. The van der Waals surface area contributed by atoms with Gasteiger partial charge in [0, 0.05) is 23.3 Å². The fourth-order valence-corrected chi connectivity index (χ4v) is 3.06. The number of para-hydroxylation sites is 1. The Labute approximate surface area is 161 Å². The molecule has 0 amide bonds. The summed E-state index contributed by atoms with van der Waals surface area (Å²) in [4.78, 5) is 15.2. The lowest BCUT2D eigenvalue weighted by atomic mass is 9.99. The van der Waals surface area contributed by atoms with Crippen molar-refractivity contribution >= 4 is 5.69 Å². The summed E-state index contributed by atoms with van der Waals surface area (Å²) in [5.74, 6) is 0.148. The minimum Gasteiger partial charge on any atom is -0.507 e. The maximum absolute atomic E-state index is 10.9. The highest BCUT2D eigenvalue weighted by Crippen LogP contribution is 2.34. The van der Waals surface area contributed by atoms with E-state index in [2.05, 4.69) is 0 Å². The molecule has 0 aliphatic carbocycles. The first-order chi connectivity index (χ1) is 13.6. The summed E-state index contributed by atoms with van der Waals surface area (Å²) in [6.07, 6.45) is 0. The molecule has 5 heteroatoms. The summed E-state index contributed by atoms with van der Waals surface area (Å²) >= 11 is 0. The van der Waals surface area contributed by atoms with E-state index in [0.717, 1.165) is 16.7 Å². The molecular formula is C23H16N2O3. The molecule has 0 saturated heterocycles. The van der Waals surface area contributed by atoms with Crippen molar-refractivity contribution in [1.29, 1.82) is 0 Å². The third kappa shape index (κ3) is 3.46. The predicted octanol–water partition coefficient (Wildman–Crippen LogP) is 5.70. The summed E-state index contributed by atoms with van der Waals surface area (Å²) in [6, 6.07) is 27.1. The van der Waals surface area contributed by atoms with E-state index in [4.69, 9.17) is 4.98 Å². The Morgan fingerprint density at radius 3 is 2.04 bits per heavy atom. The van der Waals surface area contributed by atoms with Gasteiger partial charge in [0.25, 0.3) is 5.69 Å². The fraction of sp³-hybridized carbons (Fsp3) is 0. The first-order valence-corrected chi connectivity index (χ1v) is 8.72. The Bertz CT molecular complexity index is 1140. The van der Waals surface area contributed by atoms with Gasteiger partial charge in [-0.25, -0.2) is 4.98 Å². The van der Waals surface area contributed by atoms with Gasteiger partial charge in [-0.1, -0.05) is 42.5 Å². The van der Waals surface area contributed by atoms with E-state index in [9.17, 15) is 15.2 Å². The van der Waals surface area contributed by atoms with Gasteiger partial charge in [0.2, 0.25) is 0 Å². The van der Waals surface area contributed by atoms with Crippen LogP contribution in [-0.2, 0) is 0 Å². The number of nitro benzene ring substituents is 1. The van der Waals surface area contributed by atoms with E-state index in [-0.39, 0.29) is 11.4 Å². The Balaban J connectivity index is 1.89. The monoisotopic (exact) mass is 368 g/mol. The number of benzene rings is 3. The molecule has 1 aromatic heterocycles. The minimum atomic E-state index is -0.426. The Kier molecular flexibility index (Phi) is 4.56. The lowest BCUT2D eigenvalue weighted by molar-refractivity contribution is -0.384. The highest BCUT2D eigenvalue weighted by atomic mass is 16.6. The number of hydrogen-bond acceptors (Lipinski definition) is 4. The molecule has 0 fully saturated rings. The molecule has 0 saturated carbocycles. The van der Waals surface area contributed by atoms with Crippen LogP contribution in [0.25, 0.3) is 33.6 Å². The van der Waals surface area contributed by atoms with Crippen molar-refractivity contribution in [3.63, 3.8) is 0 Å². The van der Waals surface area contributed by atoms with Crippen LogP contribution in [0.2, 0.25) is 0 Å². The van der Waals surface area contributed by atoms with Crippen molar-refractivity contribution in [2.45, 2.75) is 0 Å². The number of hydrogen-bond donors (Lipinski definition) is 1. The van der Waals surface area contributed by atoms with Gasteiger partial charge in [0.1, 0.15) is 5.75 Å². The summed E-state index contributed by atoms with van der Waals surface area (Å²) in [6.45, 7) is 0. The smallest absolute Gasteiger partial charge is 0.269 e. The summed E-state index contributed by atoms with van der Waals surface area (Å²) in [5.41, 5.74) is 4.70. The molecule has 4 aromatic rings. The number of rotatable bonds is 4. The molecule has 0 atom stereocenters. The second-order valence-electron chi connectivity index (χ2n) is 6.31. The topological polar surface area (TPSA) is 76.3 Å². The number of non-ortho nitro benzene ring substituents is 1. The number of phenolic OH excluding ortho intramolecular Hbond substituents is 1. The molecule has 0 aliphatic heterocycles. The van der Waals surface area contributed by atoms with Crippen LogP contribution in [0.1, 0.15) is 0 Å². The zero-order chi connectivity index (χ0) is 19.5. The summed E-state index contributed by atoms with van der Waals surface area (Å²) < 4.78 is 0. The first kappa shape index (κ1) is 17.4. The lowest BCUT2D eigenvalue weighted by Gasteiger charge is -2.11. The molecule has 136 valence electrons. The molecule has 5 nitrogen and oxygen atoms in total. The van der Waals surface area contributed by atoms with Crippen LogP contribution >= 0.6 is 0 Å². The Morgan fingerprint density at radius 1 is 0.714 bits per heavy atom. The van der Waals surface area contributed by atoms with E-state index in [1.54, 1.807) is 24.3 Å². The lowest BCUT2D eigenvalue weighted by Crippen LogP contribution is -1.92. The van der Waals surface area contributed by atoms with E-state index in [0.29, 0.717) is 17.0 Å². The predicted molar refractivity (Wildman–Crippen MR) is 109 cm³/mol. The molecule has 28 heavy (non-hydrogen) atoms. The van der Waals surface area contributed by atoms with Crippen LogP contribution in [-0.4, -0.2) is 15.0 Å². The molecule has 0 aliphatic rings. The maximum atomic E-state index is 10.9. The van der Waals surface area contributed by atoms with E-state index < -0.39 is 4.92 Å². The number of phenols is 1. The largest absolute Gasteiger partial charge is 0.507 e. The standard InChI is InChI=1S/C23H16N2O3/c26-23-9-5-4-8-20(23)22-15-18(16-6-2-1-3-7-16)14-21(24-22)17-10-12-19(13-11-17)25(27)28/h1-15,26H. The van der Waals surface area contributed by atoms with Crippen LogP contribution in [0, 0.1) is 10.1 Å². The minimum absolute atomic E-state index is 0.0314. The first-order valence-electron chi connectivity index (χ1n) is 8.72. The van der Waals surface area contributed by atoms with Gasteiger partial charge in [-0.3, -0.25) is 10.1 Å². The average molecular weight is 368 g/mol. The van der Waals surface area contributed by atoms with Crippen LogP contribution in [0.15, 0.2) is 91.0 Å². The van der Waals surface area contributed by atoms with Gasteiger partial charge in [-0.2, -0.15) is 0 Å². The Morgan fingerprint density at radius 2 is 1.36 bits per heavy atom. The molecule has 0 spiro atoms. The third-order valence-electron chi connectivity index (χ3n) is 4.49. The van der Waals surface area contributed by atoms with Crippen molar-refractivity contribution in [1.82, 2.24) is 4.98 Å². The van der Waals surface area contributed by atoms with E-state index in [1.807, 2.05) is 54.6 Å². The molecule has 0 unspecified atom stereocenters. The van der Waals surface area contributed by atoms with Crippen molar-refractivity contribution in [3.05, 3.63) is 101 Å². The number of aromatic hydroxyl groups is 1. The fourth-order valence-electron chi connectivity index (χ4n) is 3.06. The molecule has 1 heterocycles. The SMILES string of the molecule is O=[N+]([O-])c1ccc(-c2cc(-c3ccccc3)cc(-c3ccccc3O)n2)cc1. The maximum Gasteiger partial charge on any atom is 0.269 e. The molecular weight excluding hydrogens is 352 g/mol. The van der Waals surface area contributed by atoms with Gasteiger partial charge in [-0.15, -0.1) is 0 Å². The molecule has 0 bridgehead atoms. The average Bonchev–Trinajstić information content (AvgIpc) is 2.74. The number of nitrogens with zero attached hydrogens (tertiary/aromatic N) is 2. The summed E-state index contributed by atoms with van der Waals surface area (Å²) in [5, 5.41) is 21.2. The van der Waals surface area contributed by atoms with Crippen molar-refractivity contribution in [2.75, 3.05) is 0 Å². The quantitative estimate of drug-likeness (QED) is 0.370. The van der Waals surface area contributed by atoms with Gasteiger partial charge in [-0.05, 0) is 47.5 Å². The van der Waals surface area contributed by atoms with Gasteiger partial charge in [0.05, 0.1) is 16.3 Å². The number of aromatic nitrogens is 1. The van der Waals surface area contributed by atoms with Crippen molar-refractivity contribution in [2.24, 2.45) is 0 Å². The van der Waals surface area contributed by atoms with Crippen LogP contribution in [0.4, 0.5) is 5.69 Å². The Hall–Kier alpha value is -3.99. The van der Waals surface area contributed by atoms with Gasteiger partial charge >= 0.3 is 0 Å². The number of pyridine rings is 1. The second-order valence-corrected chi connectivity index (χ2v) is 6.31. The van der Waals surface area contributed by atoms with Gasteiger partial charge < -0.3 is 5.11 Å². The number of nitro groups is 1. The highest BCUT2D eigenvalue weighted by molar-refractivity contribution is 5.78. The second kappa shape index (κ2) is 7.32. The third-order valence-corrected chi connectivity index (χ3v) is 4.49. The zero-order valence-electron chi connectivity index (χ0n) is 14.8. The molecule has 1 N–H and O–H groups in total. The van der Waals surface area contributed by atoms with Crippen molar-refractivity contribution < 1.29 is 10.0 Å². The van der Waals surface area contributed by atoms with Crippen LogP contribution < -0.4 is 0 Å². The van der Waals surface area contributed by atoms with E-state index >= 15 is 0 Å².